The molecule has 1 heterocycles. The molecule has 132 valence electrons. The molecule has 0 spiro atoms. The smallest absolute Gasteiger partial charge is 0.333 e. The van der Waals surface area contributed by atoms with Crippen LogP contribution in [0.25, 0.3) is 0 Å². The number of rotatable bonds is 4. The minimum atomic E-state index is -5.11. The summed E-state index contributed by atoms with van der Waals surface area (Å²) in [4.78, 5) is 23.2. The first-order chi connectivity index (χ1) is 11.5. The highest BCUT2D eigenvalue weighted by Crippen LogP contribution is 2.44. The number of nitro groups is 2. The van der Waals surface area contributed by atoms with E-state index in [-0.39, 0.29) is 21.9 Å². The van der Waals surface area contributed by atoms with Gasteiger partial charge < -0.3 is 5.32 Å². The number of hydrogen-bond donors (Lipinski definition) is 1. The first kappa shape index (κ1) is 18.7. The Balaban J connectivity index is 2.73. The summed E-state index contributed by atoms with van der Waals surface area (Å²) in [5, 5.41) is 23.9. The third kappa shape index (κ3) is 4.06. The largest absolute Gasteiger partial charge is 0.418 e. The fourth-order valence-corrected chi connectivity index (χ4v) is 2.27. The maximum absolute atomic E-state index is 13.2. The van der Waals surface area contributed by atoms with Gasteiger partial charge in [0.25, 0.3) is 11.4 Å². The maximum atomic E-state index is 13.2. The molecule has 1 aromatic carbocycles. The van der Waals surface area contributed by atoms with Crippen molar-refractivity contribution in [3.05, 3.63) is 60.2 Å². The number of alkyl halides is 3. The number of pyridine rings is 1. The number of benzene rings is 1. The molecule has 2 rings (SSSR count). The van der Waals surface area contributed by atoms with E-state index in [1.165, 1.54) is 0 Å². The minimum absolute atomic E-state index is 0.0878. The highest BCUT2D eigenvalue weighted by Gasteiger charge is 2.40. The summed E-state index contributed by atoms with van der Waals surface area (Å²) in [6.45, 7) is 0. The number of nitro benzene ring substituents is 2. The van der Waals surface area contributed by atoms with Gasteiger partial charge in [0.05, 0.1) is 31.5 Å². The van der Waals surface area contributed by atoms with E-state index >= 15 is 0 Å². The van der Waals surface area contributed by atoms with E-state index in [9.17, 15) is 33.4 Å². The summed E-state index contributed by atoms with van der Waals surface area (Å²) in [5.41, 5.74) is -4.88. The summed E-state index contributed by atoms with van der Waals surface area (Å²) < 4.78 is 39.7. The lowest BCUT2D eigenvalue weighted by Gasteiger charge is -2.15. The molecule has 0 amide bonds. The molecular weight excluding hydrogens is 392 g/mol. The second-order valence-corrected chi connectivity index (χ2v) is 5.35. The van der Waals surface area contributed by atoms with Crippen LogP contribution in [0.4, 0.5) is 36.1 Å². The van der Waals surface area contributed by atoms with Crippen LogP contribution >= 0.6 is 23.2 Å². The number of non-ortho nitro benzene ring substituents is 1. The average Bonchev–Trinajstić information content (AvgIpc) is 2.48. The molecule has 0 saturated carbocycles. The topological polar surface area (TPSA) is 111 Å². The molecular formula is C12H5Cl2F3N4O4. The van der Waals surface area contributed by atoms with E-state index in [2.05, 4.69) is 10.3 Å². The van der Waals surface area contributed by atoms with Gasteiger partial charge in [-0.15, -0.1) is 0 Å². The summed E-state index contributed by atoms with van der Waals surface area (Å²) in [7, 11) is 0. The van der Waals surface area contributed by atoms with Crippen molar-refractivity contribution < 1.29 is 23.0 Å². The Bertz CT molecular complexity index is 876. The highest BCUT2D eigenvalue weighted by atomic mass is 35.5. The van der Waals surface area contributed by atoms with Gasteiger partial charge in [-0.25, -0.2) is 4.98 Å². The molecule has 8 nitrogen and oxygen atoms in total. The van der Waals surface area contributed by atoms with Crippen molar-refractivity contribution in [3.8, 4) is 0 Å². The van der Waals surface area contributed by atoms with E-state index in [0.29, 0.717) is 6.07 Å². The zero-order valence-electron chi connectivity index (χ0n) is 11.7. The van der Waals surface area contributed by atoms with E-state index in [0.717, 1.165) is 12.3 Å². The van der Waals surface area contributed by atoms with Crippen LogP contribution in [0.2, 0.25) is 10.0 Å². The molecule has 0 aliphatic heterocycles. The average molecular weight is 397 g/mol. The number of anilines is 2. The first-order valence-electron chi connectivity index (χ1n) is 6.12. The standard InChI is InChI=1S/C12H5Cl2F3N4O4/c13-5-1-8(14)11(18-4-5)19-10-7(12(15,16)17)2-6(20(22)23)3-9(10)21(24)25/h1-4H,(H,18,19). The van der Waals surface area contributed by atoms with Gasteiger partial charge in [0, 0.05) is 12.3 Å². The first-order valence-corrected chi connectivity index (χ1v) is 6.88. The molecule has 0 saturated heterocycles. The quantitative estimate of drug-likeness (QED) is 0.576. The van der Waals surface area contributed by atoms with Crippen molar-refractivity contribution in [1.82, 2.24) is 4.98 Å². The monoisotopic (exact) mass is 396 g/mol. The van der Waals surface area contributed by atoms with Crippen LogP contribution in [-0.2, 0) is 6.18 Å². The molecule has 0 radical (unpaired) electrons. The molecule has 1 N–H and O–H groups in total. The van der Waals surface area contributed by atoms with Crippen LogP contribution in [0.5, 0.6) is 0 Å². The zero-order chi connectivity index (χ0) is 18.9. The fourth-order valence-electron chi connectivity index (χ4n) is 1.84. The van der Waals surface area contributed by atoms with Crippen LogP contribution in [0.1, 0.15) is 5.56 Å². The van der Waals surface area contributed by atoms with Crippen LogP contribution in [0.15, 0.2) is 24.4 Å². The summed E-state index contributed by atoms with van der Waals surface area (Å²) >= 11 is 11.4. The van der Waals surface area contributed by atoms with Gasteiger partial charge in [-0.1, -0.05) is 23.2 Å². The van der Waals surface area contributed by atoms with Crippen LogP contribution in [-0.4, -0.2) is 14.8 Å². The lowest BCUT2D eigenvalue weighted by molar-refractivity contribution is -0.394. The van der Waals surface area contributed by atoms with Crippen molar-refractivity contribution in [2.24, 2.45) is 0 Å². The molecule has 0 aliphatic rings. The van der Waals surface area contributed by atoms with Gasteiger partial charge in [0.2, 0.25) is 0 Å². The van der Waals surface area contributed by atoms with E-state index in [1.807, 2.05) is 0 Å². The SMILES string of the molecule is O=[N+]([O-])c1cc([N+](=O)[O-])c(Nc2ncc(Cl)cc2Cl)c(C(F)(F)F)c1. The van der Waals surface area contributed by atoms with Crippen molar-refractivity contribution in [2.75, 3.05) is 5.32 Å². The van der Waals surface area contributed by atoms with E-state index < -0.39 is 38.6 Å². The lowest BCUT2D eigenvalue weighted by Crippen LogP contribution is -2.12. The second kappa shape index (κ2) is 6.69. The predicted molar refractivity (Wildman–Crippen MR) is 82.3 cm³/mol. The Morgan fingerprint density at radius 1 is 1.08 bits per heavy atom. The third-order valence-electron chi connectivity index (χ3n) is 2.87. The molecule has 13 heteroatoms. The van der Waals surface area contributed by atoms with Crippen LogP contribution in [0.3, 0.4) is 0 Å². The van der Waals surface area contributed by atoms with E-state index in [4.69, 9.17) is 23.2 Å². The van der Waals surface area contributed by atoms with Gasteiger partial charge in [-0.2, -0.15) is 13.2 Å². The summed E-state index contributed by atoms with van der Waals surface area (Å²) in [5.74, 6) is -0.339. The van der Waals surface area contributed by atoms with Gasteiger partial charge in [-0.05, 0) is 6.07 Å². The molecule has 0 aliphatic carbocycles. The number of halogens is 5. The number of hydrogen-bond acceptors (Lipinski definition) is 6. The Morgan fingerprint density at radius 3 is 2.20 bits per heavy atom. The van der Waals surface area contributed by atoms with Crippen LogP contribution < -0.4 is 5.32 Å². The van der Waals surface area contributed by atoms with Crippen molar-refractivity contribution in [1.29, 1.82) is 0 Å². The number of aromatic nitrogens is 1. The Morgan fingerprint density at radius 2 is 1.72 bits per heavy atom. The second-order valence-electron chi connectivity index (χ2n) is 4.51. The molecule has 0 atom stereocenters. The Kier molecular flexibility index (Phi) is 4.99. The van der Waals surface area contributed by atoms with E-state index in [1.54, 1.807) is 0 Å². The third-order valence-corrected chi connectivity index (χ3v) is 3.36. The molecule has 1 aromatic heterocycles. The molecule has 0 bridgehead atoms. The zero-order valence-corrected chi connectivity index (χ0v) is 13.2. The van der Waals surface area contributed by atoms with Gasteiger partial charge in [-0.3, -0.25) is 20.2 Å². The normalized spacial score (nSPS) is 11.2. The summed E-state index contributed by atoms with van der Waals surface area (Å²) in [6.07, 6.45) is -4.06. The van der Waals surface area contributed by atoms with Crippen molar-refractivity contribution in [2.45, 2.75) is 6.18 Å². The fraction of sp³-hybridized carbons (Fsp3) is 0.0833. The minimum Gasteiger partial charge on any atom is -0.333 e. The number of nitrogens with zero attached hydrogens (tertiary/aromatic N) is 3. The maximum Gasteiger partial charge on any atom is 0.418 e. The lowest BCUT2D eigenvalue weighted by atomic mass is 10.1. The van der Waals surface area contributed by atoms with Gasteiger partial charge in [0.1, 0.15) is 11.5 Å². The summed E-state index contributed by atoms with van der Waals surface area (Å²) in [6, 6.07) is 1.74. The van der Waals surface area contributed by atoms with Crippen molar-refractivity contribution in [3.63, 3.8) is 0 Å². The highest BCUT2D eigenvalue weighted by molar-refractivity contribution is 6.36. The molecule has 0 unspecified atom stereocenters. The number of nitrogens with one attached hydrogen (secondary N) is 1. The predicted octanol–water partition coefficient (Wildman–Crippen LogP) is 4.97. The van der Waals surface area contributed by atoms with Gasteiger partial charge in [0.15, 0.2) is 0 Å². The molecule has 0 fully saturated rings. The van der Waals surface area contributed by atoms with Crippen LogP contribution in [0, 0.1) is 20.2 Å². The molecule has 25 heavy (non-hydrogen) atoms. The Hall–Kier alpha value is -2.66. The Labute approximate surface area is 146 Å². The van der Waals surface area contributed by atoms with Gasteiger partial charge >= 0.3 is 6.18 Å². The van der Waals surface area contributed by atoms with Crippen molar-refractivity contribution >= 4 is 46.1 Å². The molecule has 2 aromatic rings.